The number of hydrogen-bond donors (Lipinski definition) is 1. The number of hydrogen-bond acceptors (Lipinski definition) is 5. The van der Waals surface area contributed by atoms with Crippen molar-refractivity contribution >= 4 is 39.3 Å². The SMILES string of the molecule is O=C([O-])CCCN1C(=O)C(=O)C(=C(O)c2ccc(Br)cc2)[C@H]1c1ccc(F)cc1. The number of halogens is 2. The van der Waals surface area contributed by atoms with E-state index in [1.54, 1.807) is 24.3 Å². The third-order valence-electron chi connectivity index (χ3n) is 4.62. The van der Waals surface area contributed by atoms with Gasteiger partial charge in [-0.3, -0.25) is 9.59 Å². The number of amides is 1. The van der Waals surface area contributed by atoms with Crippen LogP contribution in [0.4, 0.5) is 4.39 Å². The molecule has 1 aliphatic heterocycles. The van der Waals surface area contributed by atoms with Gasteiger partial charge in [0.25, 0.3) is 11.7 Å². The molecule has 1 heterocycles. The first-order valence-corrected chi connectivity index (χ1v) is 9.58. The molecule has 29 heavy (non-hydrogen) atoms. The van der Waals surface area contributed by atoms with Crippen LogP contribution in [0.15, 0.2) is 58.6 Å². The van der Waals surface area contributed by atoms with Crippen molar-refractivity contribution in [1.82, 2.24) is 4.90 Å². The molecule has 1 amide bonds. The number of likely N-dealkylation sites (tertiary alicyclic amines) is 1. The number of aliphatic carboxylic acids is 1. The van der Waals surface area contributed by atoms with Gasteiger partial charge in [-0.25, -0.2) is 4.39 Å². The van der Waals surface area contributed by atoms with Crippen molar-refractivity contribution in [2.45, 2.75) is 18.9 Å². The molecule has 3 rings (SSSR count). The molecule has 0 aromatic heterocycles. The Morgan fingerprint density at radius 1 is 1.10 bits per heavy atom. The number of aliphatic hydroxyl groups is 1. The van der Waals surface area contributed by atoms with E-state index in [4.69, 9.17) is 0 Å². The van der Waals surface area contributed by atoms with Gasteiger partial charge < -0.3 is 19.9 Å². The zero-order valence-corrected chi connectivity index (χ0v) is 16.7. The molecule has 8 heteroatoms. The second kappa shape index (κ2) is 8.57. The summed E-state index contributed by atoms with van der Waals surface area (Å²) in [7, 11) is 0. The van der Waals surface area contributed by atoms with E-state index in [9.17, 15) is 29.0 Å². The van der Waals surface area contributed by atoms with Crippen molar-refractivity contribution in [3.63, 3.8) is 0 Å². The molecule has 0 unspecified atom stereocenters. The van der Waals surface area contributed by atoms with Crippen molar-refractivity contribution in [2.24, 2.45) is 0 Å². The van der Waals surface area contributed by atoms with E-state index < -0.39 is 29.5 Å². The predicted octanol–water partition coefficient (Wildman–Crippen LogP) is 2.54. The minimum atomic E-state index is -1.27. The highest BCUT2D eigenvalue weighted by Gasteiger charge is 2.45. The first kappa shape index (κ1) is 20.7. The Hall–Kier alpha value is -3.00. The molecule has 1 saturated heterocycles. The van der Waals surface area contributed by atoms with Gasteiger partial charge in [-0.05, 0) is 42.7 Å². The highest BCUT2D eigenvalue weighted by Crippen LogP contribution is 2.39. The van der Waals surface area contributed by atoms with Crippen LogP contribution in [0.2, 0.25) is 0 Å². The van der Waals surface area contributed by atoms with Crippen LogP contribution in [0.1, 0.15) is 30.0 Å². The van der Waals surface area contributed by atoms with Crippen LogP contribution in [-0.2, 0) is 14.4 Å². The molecule has 1 N–H and O–H groups in total. The lowest BCUT2D eigenvalue weighted by Crippen LogP contribution is -2.32. The summed E-state index contributed by atoms with van der Waals surface area (Å²) in [4.78, 5) is 37.3. The average molecular weight is 461 g/mol. The maximum absolute atomic E-state index is 13.4. The summed E-state index contributed by atoms with van der Waals surface area (Å²) in [6, 6.07) is 10.8. The Bertz CT molecular complexity index is 985. The number of nitrogens with zero attached hydrogens (tertiary/aromatic N) is 1. The minimum absolute atomic E-state index is 0.0300. The lowest BCUT2D eigenvalue weighted by Gasteiger charge is -2.25. The molecule has 1 fully saturated rings. The highest BCUT2D eigenvalue weighted by molar-refractivity contribution is 9.10. The molecule has 6 nitrogen and oxygen atoms in total. The number of benzene rings is 2. The topological polar surface area (TPSA) is 97.7 Å². The van der Waals surface area contributed by atoms with Crippen LogP contribution in [-0.4, -0.2) is 34.2 Å². The molecule has 2 aromatic rings. The van der Waals surface area contributed by atoms with Crippen molar-refractivity contribution in [3.05, 3.63) is 75.5 Å². The molecule has 0 bridgehead atoms. The van der Waals surface area contributed by atoms with Crippen LogP contribution >= 0.6 is 15.9 Å². The third-order valence-corrected chi connectivity index (χ3v) is 5.15. The molecule has 0 aliphatic carbocycles. The van der Waals surface area contributed by atoms with Crippen molar-refractivity contribution < 1.29 is 29.0 Å². The van der Waals surface area contributed by atoms with Crippen molar-refractivity contribution in [3.8, 4) is 0 Å². The summed E-state index contributed by atoms with van der Waals surface area (Å²) < 4.78 is 14.2. The Labute approximate surface area is 174 Å². The van der Waals surface area contributed by atoms with E-state index in [1.165, 1.54) is 29.2 Å². The highest BCUT2D eigenvalue weighted by atomic mass is 79.9. The normalized spacial score (nSPS) is 18.3. The van der Waals surface area contributed by atoms with E-state index in [2.05, 4.69) is 15.9 Å². The lowest BCUT2D eigenvalue weighted by atomic mass is 9.95. The first-order valence-electron chi connectivity index (χ1n) is 8.79. The van der Waals surface area contributed by atoms with Gasteiger partial charge >= 0.3 is 0 Å². The number of ketones is 1. The zero-order chi connectivity index (χ0) is 21.1. The monoisotopic (exact) mass is 460 g/mol. The van der Waals surface area contributed by atoms with Crippen molar-refractivity contribution in [1.29, 1.82) is 0 Å². The standard InChI is InChI=1S/C21H17BrFNO5/c22-14-7-3-13(4-8-14)19(27)17-18(12-5-9-15(23)10-6-12)24(21(29)20(17)28)11-1-2-16(25)26/h3-10,18,27H,1-2,11H2,(H,25,26)/p-1/t18-/m1/s1. The molecule has 0 spiro atoms. The van der Waals surface area contributed by atoms with Crippen LogP contribution in [0, 0.1) is 5.82 Å². The molecular weight excluding hydrogens is 445 g/mol. The van der Waals surface area contributed by atoms with Crippen LogP contribution in [0.5, 0.6) is 0 Å². The van der Waals surface area contributed by atoms with Gasteiger partial charge in [-0.2, -0.15) is 0 Å². The molecule has 150 valence electrons. The first-order chi connectivity index (χ1) is 13.8. The van der Waals surface area contributed by atoms with Gasteiger partial charge in [0.1, 0.15) is 11.6 Å². The van der Waals surface area contributed by atoms with Gasteiger partial charge in [0, 0.05) is 22.6 Å². The largest absolute Gasteiger partial charge is 0.550 e. The maximum atomic E-state index is 13.4. The van der Waals surface area contributed by atoms with E-state index in [0.29, 0.717) is 11.1 Å². The molecular formula is C21H16BrFNO5-. The van der Waals surface area contributed by atoms with E-state index in [1.807, 2.05) is 0 Å². The molecule has 0 saturated carbocycles. The second-order valence-corrected chi connectivity index (χ2v) is 7.44. The van der Waals surface area contributed by atoms with E-state index in [0.717, 1.165) is 4.47 Å². The Balaban J connectivity index is 2.08. The minimum Gasteiger partial charge on any atom is -0.550 e. The number of carboxylic acids is 1. The van der Waals surface area contributed by atoms with E-state index >= 15 is 0 Å². The van der Waals surface area contributed by atoms with Gasteiger partial charge in [0.15, 0.2) is 0 Å². The summed E-state index contributed by atoms with van der Waals surface area (Å²) in [5.41, 5.74) is 0.642. The Morgan fingerprint density at radius 3 is 2.31 bits per heavy atom. The van der Waals surface area contributed by atoms with Gasteiger partial charge in [-0.15, -0.1) is 0 Å². The van der Waals surface area contributed by atoms with Gasteiger partial charge in [-0.1, -0.05) is 40.2 Å². The number of rotatable bonds is 6. The fourth-order valence-corrected chi connectivity index (χ4v) is 3.52. The second-order valence-electron chi connectivity index (χ2n) is 6.53. The molecule has 0 radical (unpaired) electrons. The fraction of sp³-hybridized carbons (Fsp3) is 0.190. The zero-order valence-electron chi connectivity index (χ0n) is 15.1. The number of Topliss-reactive ketones (excluding diaryl/α,β-unsaturated/α-hetero) is 1. The summed E-state index contributed by atoms with van der Waals surface area (Å²) in [6.07, 6.45) is -0.211. The number of carbonyl (C=O) groups is 3. The molecule has 2 aromatic carbocycles. The van der Waals surface area contributed by atoms with Crippen LogP contribution in [0.3, 0.4) is 0 Å². The number of carboxylic acid groups (broad SMARTS) is 1. The molecule has 1 aliphatic rings. The summed E-state index contributed by atoms with van der Waals surface area (Å²) in [5.74, 6) is -3.84. The van der Waals surface area contributed by atoms with Crippen molar-refractivity contribution in [2.75, 3.05) is 6.54 Å². The number of aliphatic hydroxyl groups excluding tert-OH is 1. The predicted molar refractivity (Wildman–Crippen MR) is 104 cm³/mol. The summed E-state index contributed by atoms with van der Waals surface area (Å²) in [5, 5.41) is 21.5. The Kier molecular flexibility index (Phi) is 6.12. The quantitative estimate of drug-likeness (QED) is 0.405. The van der Waals surface area contributed by atoms with E-state index in [-0.39, 0.29) is 30.7 Å². The smallest absolute Gasteiger partial charge is 0.295 e. The summed E-state index contributed by atoms with van der Waals surface area (Å²) >= 11 is 3.29. The Morgan fingerprint density at radius 2 is 1.72 bits per heavy atom. The van der Waals surface area contributed by atoms with Crippen LogP contribution in [0.25, 0.3) is 5.76 Å². The number of carbonyl (C=O) groups excluding carboxylic acids is 3. The maximum Gasteiger partial charge on any atom is 0.295 e. The third kappa shape index (κ3) is 4.37. The summed E-state index contributed by atoms with van der Waals surface area (Å²) in [6.45, 7) is -0.0300. The van der Waals surface area contributed by atoms with Gasteiger partial charge in [0.2, 0.25) is 0 Å². The fourth-order valence-electron chi connectivity index (χ4n) is 3.26. The average Bonchev–Trinajstić information content (AvgIpc) is 2.93. The van der Waals surface area contributed by atoms with Gasteiger partial charge in [0.05, 0.1) is 11.6 Å². The van der Waals surface area contributed by atoms with Crippen LogP contribution < -0.4 is 5.11 Å². The molecule has 1 atom stereocenters. The lowest BCUT2D eigenvalue weighted by molar-refractivity contribution is -0.305.